The molecule has 0 spiro atoms. The van der Waals surface area contributed by atoms with E-state index in [1.807, 2.05) is 53.2 Å². The SMILES string of the molecule is COc1ccc(Cc2cc(C=O)nn2Cc2ccccc2)cc1. The number of rotatable bonds is 6. The summed E-state index contributed by atoms with van der Waals surface area (Å²) in [6, 6.07) is 19.9. The highest BCUT2D eigenvalue weighted by Gasteiger charge is 2.09. The van der Waals surface area contributed by atoms with Gasteiger partial charge in [0.1, 0.15) is 11.4 Å². The molecule has 4 heteroatoms. The smallest absolute Gasteiger partial charge is 0.170 e. The summed E-state index contributed by atoms with van der Waals surface area (Å²) >= 11 is 0. The Kier molecular flexibility index (Phi) is 4.52. The van der Waals surface area contributed by atoms with Gasteiger partial charge in [0.25, 0.3) is 0 Å². The predicted molar refractivity (Wildman–Crippen MR) is 89.0 cm³/mol. The largest absolute Gasteiger partial charge is 0.497 e. The second-order valence-electron chi connectivity index (χ2n) is 5.35. The minimum absolute atomic E-state index is 0.462. The molecule has 1 aromatic heterocycles. The summed E-state index contributed by atoms with van der Waals surface area (Å²) in [5, 5.41) is 4.38. The number of nitrogens with zero attached hydrogens (tertiary/aromatic N) is 2. The highest BCUT2D eigenvalue weighted by atomic mass is 16.5. The van der Waals surface area contributed by atoms with Gasteiger partial charge in [0.15, 0.2) is 6.29 Å². The van der Waals surface area contributed by atoms with E-state index in [2.05, 4.69) is 17.2 Å². The Bertz CT molecular complexity index is 777. The van der Waals surface area contributed by atoms with Crippen LogP contribution in [0.4, 0.5) is 0 Å². The fourth-order valence-corrected chi connectivity index (χ4v) is 2.52. The molecule has 3 rings (SSSR count). The highest BCUT2D eigenvalue weighted by molar-refractivity contribution is 5.71. The van der Waals surface area contributed by atoms with Crippen LogP contribution in [-0.2, 0) is 13.0 Å². The molecule has 116 valence electrons. The lowest BCUT2D eigenvalue weighted by atomic mass is 10.1. The van der Waals surface area contributed by atoms with Crippen LogP contribution in [0.5, 0.6) is 5.75 Å². The molecule has 1 heterocycles. The van der Waals surface area contributed by atoms with E-state index in [9.17, 15) is 4.79 Å². The first-order valence-corrected chi connectivity index (χ1v) is 7.47. The maximum Gasteiger partial charge on any atom is 0.170 e. The number of carbonyl (C=O) groups is 1. The number of benzene rings is 2. The van der Waals surface area contributed by atoms with Gasteiger partial charge in [-0.1, -0.05) is 42.5 Å². The van der Waals surface area contributed by atoms with Crippen molar-refractivity contribution in [1.82, 2.24) is 9.78 Å². The van der Waals surface area contributed by atoms with Crippen molar-refractivity contribution >= 4 is 6.29 Å². The number of hydrogen-bond donors (Lipinski definition) is 0. The zero-order valence-corrected chi connectivity index (χ0v) is 13.0. The van der Waals surface area contributed by atoms with Crippen molar-refractivity contribution in [2.75, 3.05) is 7.11 Å². The van der Waals surface area contributed by atoms with Gasteiger partial charge in [0, 0.05) is 12.1 Å². The van der Waals surface area contributed by atoms with Crippen LogP contribution in [0.2, 0.25) is 0 Å². The van der Waals surface area contributed by atoms with Gasteiger partial charge >= 0.3 is 0 Å². The summed E-state index contributed by atoms with van der Waals surface area (Å²) in [4.78, 5) is 11.1. The summed E-state index contributed by atoms with van der Waals surface area (Å²) in [5.74, 6) is 0.833. The highest BCUT2D eigenvalue weighted by Crippen LogP contribution is 2.16. The first-order chi connectivity index (χ1) is 11.3. The van der Waals surface area contributed by atoms with Crippen LogP contribution in [0.15, 0.2) is 60.7 Å². The Morgan fingerprint density at radius 3 is 2.43 bits per heavy atom. The Morgan fingerprint density at radius 2 is 1.78 bits per heavy atom. The third-order valence-electron chi connectivity index (χ3n) is 3.72. The Hall–Kier alpha value is -2.88. The van der Waals surface area contributed by atoms with Gasteiger partial charge in [-0.2, -0.15) is 5.10 Å². The van der Waals surface area contributed by atoms with Crippen LogP contribution < -0.4 is 4.74 Å². The molecule has 0 N–H and O–H groups in total. The zero-order valence-electron chi connectivity index (χ0n) is 13.0. The lowest BCUT2D eigenvalue weighted by Gasteiger charge is -2.08. The number of aldehydes is 1. The van der Waals surface area contributed by atoms with Gasteiger partial charge in [-0.15, -0.1) is 0 Å². The second kappa shape index (κ2) is 6.92. The summed E-state index contributed by atoms with van der Waals surface area (Å²) in [5.41, 5.74) is 3.78. The Labute approximate surface area is 135 Å². The summed E-state index contributed by atoms with van der Waals surface area (Å²) in [6.45, 7) is 0.653. The van der Waals surface area contributed by atoms with E-state index in [4.69, 9.17) is 4.74 Å². The quantitative estimate of drug-likeness (QED) is 0.656. The minimum atomic E-state index is 0.462. The molecule has 0 saturated carbocycles. The molecule has 0 aliphatic carbocycles. The monoisotopic (exact) mass is 306 g/mol. The predicted octanol–water partition coefficient (Wildman–Crippen LogP) is 3.34. The standard InChI is InChI=1S/C19H18N2O2/c1-23-19-9-7-15(8-10-19)11-18-12-17(14-22)20-21(18)13-16-5-3-2-4-6-16/h2-10,12,14H,11,13H2,1H3. The number of hydrogen-bond acceptors (Lipinski definition) is 3. The van der Waals surface area contributed by atoms with Crippen molar-refractivity contribution in [1.29, 1.82) is 0 Å². The van der Waals surface area contributed by atoms with E-state index in [1.165, 1.54) is 0 Å². The van der Waals surface area contributed by atoms with Gasteiger partial charge in [0.2, 0.25) is 0 Å². The molecule has 4 nitrogen and oxygen atoms in total. The molecule has 0 aliphatic heterocycles. The van der Waals surface area contributed by atoms with Crippen molar-refractivity contribution in [2.24, 2.45) is 0 Å². The summed E-state index contributed by atoms with van der Waals surface area (Å²) < 4.78 is 7.07. The van der Waals surface area contributed by atoms with E-state index < -0.39 is 0 Å². The first kappa shape index (κ1) is 15.0. The van der Waals surface area contributed by atoms with Crippen LogP contribution in [0.1, 0.15) is 27.3 Å². The van der Waals surface area contributed by atoms with Crippen molar-refractivity contribution < 1.29 is 9.53 Å². The normalized spacial score (nSPS) is 10.5. The average molecular weight is 306 g/mol. The summed E-state index contributed by atoms with van der Waals surface area (Å²) in [6.07, 6.45) is 1.51. The molecule has 0 amide bonds. The molecule has 0 bridgehead atoms. The number of carbonyl (C=O) groups excluding carboxylic acids is 1. The lowest BCUT2D eigenvalue weighted by Crippen LogP contribution is -2.07. The topological polar surface area (TPSA) is 44.1 Å². The van der Waals surface area contributed by atoms with Gasteiger partial charge in [-0.3, -0.25) is 9.48 Å². The molecular weight excluding hydrogens is 288 g/mol. The molecule has 0 radical (unpaired) electrons. The second-order valence-corrected chi connectivity index (χ2v) is 5.35. The molecule has 0 aliphatic rings. The van der Waals surface area contributed by atoms with E-state index in [-0.39, 0.29) is 0 Å². The van der Waals surface area contributed by atoms with Gasteiger partial charge in [0.05, 0.1) is 13.7 Å². The molecule has 0 unspecified atom stereocenters. The first-order valence-electron chi connectivity index (χ1n) is 7.47. The minimum Gasteiger partial charge on any atom is -0.497 e. The average Bonchev–Trinajstić information content (AvgIpc) is 2.98. The van der Waals surface area contributed by atoms with Gasteiger partial charge in [-0.05, 0) is 29.3 Å². The fraction of sp³-hybridized carbons (Fsp3) is 0.158. The molecule has 23 heavy (non-hydrogen) atoms. The van der Waals surface area contributed by atoms with Crippen molar-refractivity contribution in [3.8, 4) is 5.75 Å². The third kappa shape index (κ3) is 3.66. The van der Waals surface area contributed by atoms with Crippen LogP contribution in [0.25, 0.3) is 0 Å². The van der Waals surface area contributed by atoms with Gasteiger partial charge < -0.3 is 4.74 Å². The number of ether oxygens (including phenoxy) is 1. The maximum absolute atomic E-state index is 11.1. The van der Waals surface area contributed by atoms with E-state index in [0.717, 1.165) is 35.3 Å². The van der Waals surface area contributed by atoms with Crippen LogP contribution >= 0.6 is 0 Å². The van der Waals surface area contributed by atoms with Crippen molar-refractivity contribution in [3.63, 3.8) is 0 Å². The Morgan fingerprint density at radius 1 is 1.04 bits per heavy atom. The number of aromatic nitrogens is 2. The molecule has 3 aromatic rings. The number of methoxy groups -OCH3 is 1. The van der Waals surface area contributed by atoms with Crippen molar-refractivity contribution in [3.05, 3.63) is 83.2 Å². The zero-order chi connectivity index (χ0) is 16.1. The molecule has 0 saturated heterocycles. The van der Waals surface area contributed by atoms with Crippen LogP contribution in [0, 0.1) is 0 Å². The molecule has 0 fully saturated rings. The van der Waals surface area contributed by atoms with E-state index in [1.54, 1.807) is 7.11 Å². The van der Waals surface area contributed by atoms with Crippen LogP contribution in [-0.4, -0.2) is 23.2 Å². The van der Waals surface area contributed by atoms with E-state index >= 15 is 0 Å². The molecule has 2 aromatic carbocycles. The molecular formula is C19H18N2O2. The molecule has 0 atom stereocenters. The lowest BCUT2D eigenvalue weighted by molar-refractivity contribution is 0.111. The van der Waals surface area contributed by atoms with Crippen LogP contribution in [0.3, 0.4) is 0 Å². The fourth-order valence-electron chi connectivity index (χ4n) is 2.52. The van der Waals surface area contributed by atoms with Crippen molar-refractivity contribution in [2.45, 2.75) is 13.0 Å². The summed E-state index contributed by atoms with van der Waals surface area (Å²) in [7, 11) is 1.65. The third-order valence-corrected chi connectivity index (χ3v) is 3.72. The Balaban J connectivity index is 1.85. The maximum atomic E-state index is 11.1. The van der Waals surface area contributed by atoms with Gasteiger partial charge in [-0.25, -0.2) is 0 Å². The van der Waals surface area contributed by atoms with E-state index in [0.29, 0.717) is 12.2 Å².